The average Bonchev–Trinajstić information content (AvgIpc) is 3.54. The molecule has 27 nitrogen and oxygen atoms in total. The molecule has 0 aliphatic carbocycles. The summed E-state index contributed by atoms with van der Waals surface area (Å²) in [5, 5.41) is 168. The third-order valence-corrected chi connectivity index (χ3v) is 12.7. The van der Waals surface area contributed by atoms with Gasteiger partial charge in [0.2, 0.25) is 18.9 Å². The zero-order valence-electron chi connectivity index (χ0n) is 40.2. The molecule has 0 bridgehead atoms. The Kier molecular flexibility index (Phi) is 17.5. The molecule has 4 aromatic rings. The van der Waals surface area contributed by atoms with Crippen molar-refractivity contribution in [2.24, 2.45) is 0 Å². The van der Waals surface area contributed by atoms with Crippen LogP contribution in [-0.2, 0) is 38.0 Å². The van der Waals surface area contributed by atoms with Crippen LogP contribution in [0.15, 0.2) is 84.6 Å². The van der Waals surface area contributed by atoms with Crippen molar-refractivity contribution in [2.45, 2.75) is 98.2 Å². The molecule has 16 N–H and O–H groups in total. The van der Waals surface area contributed by atoms with Crippen molar-refractivity contribution in [1.82, 2.24) is 0 Å². The van der Waals surface area contributed by atoms with E-state index in [1.807, 2.05) is 0 Å². The second-order valence-electron chi connectivity index (χ2n) is 18.1. The summed E-state index contributed by atoms with van der Waals surface area (Å²) in [6.07, 6.45) is -23.6. The van der Waals surface area contributed by atoms with Crippen molar-refractivity contribution in [1.29, 1.82) is 0 Å². The van der Waals surface area contributed by atoms with Crippen LogP contribution in [0.4, 0.5) is 0 Å². The molecular weight excluding hydrogens is 1040 g/mol. The number of phenolic OH excluding ortho intramolecular Hbond substituents is 6. The molecule has 0 spiro atoms. The maximum atomic E-state index is 12.6. The van der Waals surface area contributed by atoms with Gasteiger partial charge in [0, 0.05) is 29.8 Å². The molecular formula is C51H54O27. The molecule has 4 aliphatic heterocycles. The van der Waals surface area contributed by atoms with E-state index in [2.05, 4.69) is 0 Å². The molecule has 420 valence electrons. The van der Waals surface area contributed by atoms with Crippen LogP contribution < -0.4 is 14.2 Å². The summed E-state index contributed by atoms with van der Waals surface area (Å²) >= 11 is 0. The Bertz CT molecular complexity index is 2890. The lowest BCUT2D eigenvalue weighted by atomic mass is 9.98. The average molecular weight is 1100 g/mol. The predicted molar refractivity (Wildman–Crippen MR) is 257 cm³/mol. The van der Waals surface area contributed by atoms with E-state index in [4.69, 9.17) is 42.6 Å². The number of benzene rings is 4. The van der Waals surface area contributed by atoms with Gasteiger partial charge >= 0.3 is 11.9 Å². The Labute approximate surface area is 439 Å². The van der Waals surface area contributed by atoms with Crippen molar-refractivity contribution in [3.63, 3.8) is 0 Å². The van der Waals surface area contributed by atoms with Crippen LogP contribution in [0.25, 0.3) is 18.2 Å². The zero-order chi connectivity index (χ0) is 56.3. The van der Waals surface area contributed by atoms with Crippen LogP contribution in [-0.4, -0.2) is 206 Å². The lowest BCUT2D eigenvalue weighted by Gasteiger charge is -2.41. The molecule has 4 heterocycles. The Morgan fingerprint density at radius 2 is 0.949 bits per heavy atom. The van der Waals surface area contributed by atoms with Gasteiger partial charge in [-0.1, -0.05) is 18.2 Å². The van der Waals surface area contributed by atoms with E-state index < -0.39 is 170 Å². The summed E-state index contributed by atoms with van der Waals surface area (Å²) in [6.45, 7) is -2.28. The van der Waals surface area contributed by atoms with Crippen molar-refractivity contribution in [3.05, 3.63) is 107 Å². The topological polar surface area (TPSA) is 441 Å². The van der Waals surface area contributed by atoms with Crippen molar-refractivity contribution in [3.8, 4) is 51.7 Å². The summed E-state index contributed by atoms with van der Waals surface area (Å²) in [7, 11) is 0. The lowest BCUT2D eigenvalue weighted by molar-refractivity contribution is -0.293. The molecule has 0 aromatic heterocycles. The molecule has 78 heavy (non-hydrogen) atoms. The van der Waals surface area contributed by atoms with Gasteiger partial charge in [0.15, 0.2) is 40.6 Å². The SMILES string of the molecule is O=C(C=Cc1ccc(O)c(O)c1)OCC1OC(Oc2cc(C3Oc4cc(O)cc(OC5OC(COC(=O)C=Cc6ccc(O)c(O)c6)C(O)C(O)C5O)c4C=C3OC3OC(CO)C(O)C(O)C3O)ccc2O)C(O)C(O)C1O. The van der Waals surface area contributed by atoms with E-state index in [1.165, 1.54) is 54.6 Å². The lowest BCUT2D eigenvalue weighted by Crippen LogP contribution is -2.60. The number of fused-ring (bicyclic) bond motifs is 1. The number of hydrogen-bond donors (Lipinski definition) is 16. The first-order valence-corrected chi connectivity index (χ1v) is 23.6. The van der Waals surface area contributed by atoms with Crippen LogP contribution in [0.1, 0.15) is 28.4 Å². The van der Waals surface area contributed by atoms with Gasteiger partial charge in [-0.2, -0.15) is 0 Å². The first kappa shape index (κ1) is 56.7. The highest BCUT2D eigenvalue weighted by Crippen LogP contribution is 2.47. The molecule has 16 unspecified atom stereocenters. The summed E-state index contributed by atoms with van der Waals surface area (Å²) < 4.78 is 51.6. The van der Waals surface area contributed by atoms with Gasteiger partial charge in [0.25, 0.3) is 0 Å². The second-order valence-corrected chi connectivity index (χ2v) is 18.1. The van der Waals surface area contributed by atoms with Crippen LogP contribution in [0, 0.1) is 0 Å². The van der Waals surface area contributed by atoms with Crippen LogP contribution in [0.5, 0.6) is 51.7 Å². The highest BCUT2D eigenvalue weighted by atomic mass is 16.7. The molecule has 4 aliphatic rings. The fourth-order valence-electron chi connectivity index (χ4n) is 8.34. The molecule has 0 saturated carbocycles. The number of carbonyl (C=O) groups excluding carboxylic acids is 2. The first-order valence-electron chi connectivity index (χ1n) is 23.6. The van der Waals surface area contributed by atoms with Crippen molar-refractivity contribution in [2.75, 3.05) is 19.8 Å². The normalized spacial score (nSPS) is 30.9. The van der Waals surface area contributed by atoms with E-state index in [0.29, 0.717) is 11.1 Å². The second kappa shape index (κ2) is 24.0. The van der Waals surface area contributed by atoms with Crippen molar-refractivity contribution < 1.29 is 134 Å². The van der Waals surface area contributed by atoms with E-state index in [0.717, 1.165) is 42.5 Å². The summed E-state index contributed by atoms with van der Waals surface area (Å²) in [5.74, 6) is -6.18. The van der Waals surface area contributed by atoms with Crippen LogP contribution >= 0.6 is 0 Å². The Balaban J connectivity index is 1.04. The van der Waals surface area contributed by atoms with E-state index in [9.17, 15) is 91.3 Å². The minimum Gasteiger partial charge on any atom is -0.508 e. The number of carbonyl (C=O) groups is 2. The quantitative estimate of drug-likeness (QED) is 0.0331. The zero-order valence-corrected chi connectivity index (χ0v) is 40.2. The van der Waals surface area contributed by atoms with Crippen molar-refractivity contribution >= 4 is 30.2 Å². The molecule has 0 radical (unpaired) electrons. The van der Waals surface area contributed by atoms with Gasteiger partial charge in [-0.05, 0) is 65.8 Å². The van der Waals surface area contributed by atoms with E-state index >= 15 is 0 Å². The molecule has 3 fully saturated rings. The smallest absolute Gasteiger partial charge is 0.330 e. The Hall–Kier alpha value is -7.48. The molecule has 3 saturated heterocycles. The first-order chi connectivity index (χ1) is 37.1. The van der Waals surface area contributed by atoms with Crippen LogP contribution in [0.3, 0.4) is 0 Å². The number of rotatable bonds is 16. The predicted octanol–water partition coefficient (Wildman–Crippen LogP) is -1.90. The number of esters is 2. The third-order valence-electron chi connectivity index (χ3n) is 12.7. The molecule has 8 rings (SSSR count). The minimum atomic E-state index is -2.01. The molecule has 0 amide bonds. The highest BCUT2D eigenvalue weighted by molar-refractivity contribution is 5.87. The van der Waals surface area contributed by atoms with E-state index in [-0.39, 0.29) is 28.4 Å². The standard InChI is InChI=1S/C51H54O27/c52-17-34-39(61)42(64)45(67)51(76-34)75-33-16-24-30(14-23(53)15-31(24)73-49-46(68)43(65)40(62)35(77-49)18-70-37(59)9-3-20-1-6-25(54)28(57)11-20)72-48(33)22-5-8-27(56)32(13-22)74-50-47(69)44(66)41(63)36(78-50)19-71-38(60)10-4-21-2-7-26(55)29(58)12-21/h1-16,34-36,39-58,61-69H,17-19H2. The Morgan fingerprint density at radius 1 is 0.487 bits per heavy atom. The highest BCUT2D eigenvalue weighted by Gasteiger charge is 2.49. The number of aromatic hydroxyl groups is 6. The summed E-state index contributed by atoms with van der Waals surface area (Å²) in [5.41, 5.74) is 0.491. The van der Waals surface area contributed by atoms with Gasteiger partial charge in [-0.3, -0.25) is 0 Å². The number of phenols is 6. The van der Waals surface area contributed by atoms with Gasteiger partial charge in [0.1, 0.15) is 109 Å². The van der Waals surface area contributed by atoms with E-state index in [1.54, 1.807) is 0 Å². The van der Waals surface area contributed by atoms with Gasteiger partial charge in [-0.25, -0.2) is 9.59 Å². The fraction of sp³-hybridized carbons (Fsp3) is 0.373. The molecule has 27 heteroatoms. The fourth-order valence-corrected chi connectivity index (χ4v) is 8.34. The number of aliphatic hydroxyl groups is 10. The monoisotopic (exact) mass is 1100 g/mol. The maximum Gasteiger partial charge on any atom is 0.330 e. The van der Waals surface area contributed by atoms with Gasteiger partial charge in [0.05, 0.1) is 12.2 Å². The van der Waals surface area contributed by atoms with Gasteiger partial charge in [-0.15, -0.1) is 0 Å². The number of aliphatic hydroxyl groups excluding tert-OH is 10. The Morgan fingerprint density at radius 3 is 1.45 bits per heavy atom. The van der Waals surface area contributed by atoms with Crippen LogP contribution in [0.2, 0.25) is 0 Å². The molecule has 4 aromatic carbocycles. The summed E-state index contributed by atoms with van der Waals surface area (Å²) in [4.78, 5) is 25.2. The summed E-state index contributed by atoms with van der Waals surface area (Å²) in [6, 6.07) is 13.1. The minimum absolute atomic E-state index is 0.00297. The number of ether oxygens (including phenoxy) is 9. The third kappa shape index (κ3) is 12.6. The van der Waals surface area contributed by atoms with Gasteiger partial charge < -0.3 is 124 Å². The number of hydrogen-bond acceptors (Lipinski definition) is 27. The largest absolute Gasteiger partial charge is 0.508 e. The molecule has 16 atom stereocenters. The maximum absolute atomic E-state index is 12.6.